The van der Waals surface area contributed by atoms with Crippen LogP contribution in [-0.4, -0.2) is 29.3 Å². The molecule has 0 radical (unpaired) electrons. The molecule has 3 aromatic rings. The Morgan fingerprint density at radius 1 is 0.812 bits per heavy atom. The van der Waals surface area contributed by atoms with E-state index < -0.39 is 17.7 Å². The lowest BCUT2D eigenvalue weighted by Gasteiger charge is -2.18. The minimum absolute atomic E-state index is 0.113. The summed E-state index contributed by atoms with van der Waals surface area (Å²) in [7, 11) is 0. The number of benzene rings is 3. The molecule has 4 rings (SSSR count). The number of Topliss-reactive ketones (excluding diaryl/α,β-unsaturated/α-hetero) is 1. The van der Waals surface area contributed by atoms with Gasteiger partial charge in [-0.15, -0.1) is 0 Å². The van der Waals surface area contributed by atoms with Crippen LogP contribution in [0.2, 0.25) is 0 Å². The molecular formula is C25H19N3O4. The van der Waals surface area contributed by atoms with Crippen molar-refractivity contribution in [3.63, 3.8) is 0 Å². The summed E-state index contributed by atoms with van der Waals surface area (Å²) < 4.78 is 0. The lowest BCUT2D eigenvalue weighted by Crippen LogP contribution is -2.32. The van der Waals surface area contributed by atoms with Crippen LogP contribution in [0.4, 0.5) is 11.4 Å². The second kappa shape index (κ2) is 8.47. The fourth-order valence-electron chi connectivity index (χ4n) is 3.56. The fourth-order valence-corrected chi connectivity index (χ4v) is 3.56. The van der Waals surface area contributed by atoms with Gasteiger partial charge in [0.25, 0.3) is 5.91 Å². The molecule has 1 aliphatic carbocycles. The molecule has 0 bridgehead atoms. The third kappa shape index (κ3) is 3.76. The highest BCUT2D eigenvalue weighted by Crippen LogP contribution is 2.33. The minimum Gasteiger partial charge on any atom is -0.324 e. The first-order valence-corrected chi connectivity index (χ1v) is 9.97. The van der Waals surface area contributed by atoms with Gasteiger partial charge in [0.05, 0.1) is 11.3 Å². The lowest BCUT2D eigenvalue weighted by atomic mass is 9.83. The zero-order valence-electron chi connectivity index (χ0n) is 17.5. The zero-order chi connectivity index (χ0) is 22.8. The topological polar surface area (TPSA) is 105 Å². The van der Waals surface area contributed by atoms with Crippen molar-refractivity contribution in [1.29, 1.82) is 0 Å². The van der Waals surface area contributed by atoms with Crippen LogP contribution >= 0.6 is 0 Å². The van der Waals surface area contributed by atoms with Crippen molar-refractivity contribution < 1.29 is 19.2 Å². The molecule has 0 saturated carbocycles. The summed E-state index contributed by atoms with van der Waals surface area (Å²) >= 11 is 0. The van der Waals surface area contributed by atoms with E-state index in [0.717, 1.165) is 5.56 Å². The number of anilines is 1. The summed E-state index contributed by atoms with van der Waals surface area (Å²) in [4.78, 5) is 50.7. The first-order valence-electron chi connectivity index (χ1n) is 9.97. The number of aryl methyl sites for hydroxylation is 1. The quantitative estimate of drug-likeness (QED) is 0.377. The maximum absolute atomic E-state index is 13.1. The number of nitrogens with zero attached hydrogens (tertiary/aromatic N) is 2. The van der Waals surface area contributed by atoms with Gasteiger partial charge in [-0.1, -0.05) is 54.6 Å². The molecule has 32 heavy (non-hydrogen) atoms. The average molecular weight is 425 g/mol. The molecule has 0 unspecified atom stereocenters. The Balaban J connectivity index is 1.67. The molecule has 7 nitrogen and oxygen atoms in total. The van der Waals surface area contributed by atoms with E-state index in [-0.39, 0.29) is 33.9 Å². The van der Waals surface area contributed by atoms with Crippen molar-refractivity contribution in [3.8, 4) is 0 Å². The van der Waals surface area contributed by atoms with Crippen LogP contribution in [0.5, 0.6) is 0 Å². The van der Waals surface area contributed by atoms with E-state index in [1.165, 1.54) is 13.0 Å². The Morgan fingerprint density at radius 2 is 1.44 bits per heavy atom. The SMILES string of the molecule is CC(=O)[C@H](N=Nc1cccc2c1C(=O)c1ccccc1C2=O)C(=O)Nc1ccccc1C. The van der Waals surface area contributed by atoms with Crippen LogP contribution in [0, 0.1) is 6.92 Å². The second-order valence-corrected chi connectivity index (χ2v) is 7.44. The van der Waals surface area contributed by atoms with Gasteiger partial charge < -0.3 is 5.32 Å². The summed E-state index contributed by atoms with van der Waals surface area (Å²) in [6, 6.07) is 17.0. The summed E-state index contributed by atoms with van der Waals surface area (Å²) in [5.41, 5.74) is 2.47. The van der Waals surface area contributed by atoms with Crippen LogP contribution in [-0.2, 0) is 9.59 Å². The number of para-hydroxylation sites is 1. The average Bonchev–Trinajstić information content (AvgIpc) is 2.79. The van der Waals surface area contributed by atoms with Crippen LogP contribution in [0.15, 0.2) is 77.0 Å². The van der Waals surface area contributed by atoms with E-state index in [9.17, 15) is 19.2 Å². The van der Waals surface area contributed by atoms with Crippen molar-refractivity contribution in [3.05, 3.63) is 94.5 Å². The maximum Gasteiger partial charge on any atom is 0.258 e. The number of azo groups is 1. The normalized spacial score (nSPS) is 13.4. The number of carbonyl (C=O) groups excluding carboxylic acids is 4. The summed E-state index contributed by atoms with van der Waals surface area (Å²) in [6.45, 7) is 3.07. The zero-order valence-corrected chi connectivity index (χ0v) is 17.5. The Bertz CT molecular complexity index is 1310. The molecular weight excluding hydrogens is 406 g/mol. The smallest absolute Gasteiger partial charge is 0.258 e. The highest BCUT2D eigenvalue weighted by molar-refractivity contribution is 6.30. The monoisotopic (exact) mass is 425 g/mol. The van der Waals surface area contributed by atoms with Crippen LogP contribution < -0.4 is 5.32 Å². The largest absolute Gasteiger partial charge is 0.324 e. The number of rotatable bonds is 5. The molecule has 0 heterocycles. The number of ketones is 3. The predicted molar refractivity (Wildman–Crippen MR) is 119 cm³/mol. The van der Waals surface area contributed by atoms with Gasteiger partial charge in [0.1, 0.15) is 0 Å². The highest BCUT2D eigenvalue weighted by atomic mass is 16.2. The number of fused-ring (bicyclic) bond motifs is 2. The number of carbonyl (C=O) groups is 4. The Morgan fingerprint density at radius 3 is 2.12 bits per heavy atom. The fraction of sp³-hybridized carbons (Fsp3) is 0.120. The third-order valence-corrected chi connectivity index (χ3v) is 5.25. The molecule has 0 fully saturated rings. The van der Waals surface area contributed by atoms with Crippen LogP contribution in [0.3, 0.4) is 0 Å². The number of amides is 1. The molecule has 0 spiro atoms. The summed E-state index contributed by atoms with van der Waals surface area (Å²) in [5, 5.41) is 10.7. The van der Waals surface area contributed by atoms with Crippen LogP contribution in [0.1, 0.15) is 44.3 Å². The van der Waals surface area contributed by atoms with Crippen molar-refractivity contribution in [2.24, 2.45) is 10.2 Å². The Kier molecular flexibility index (Phi) is 5.55. The maximum atomic E-state index is 13.1. The van der Waals surface area contributed by atoms with Gasteiger partial charge in [-0.2, -0.15) is 10.2 Å². The molecule has 1 aliphatic rings. The van der Waals surface area contributed by atoms with Gasteiger partial charge in [-0.25, -0.2) is 0 Å². The Labute approximate surface area is 184 Å². The van der Waals surface area contributed by atoms with Crippen molar-refractivity contribution in [1.82, 2.24) is 0 Å². The second-order valence-electron chi connectivity index (χ2n) is 7.44. The van der Waals surface area contributed by atoms with Gasteiger partial charge in [-0.05, 0) is 31.5 Å². The molecule has 7 heteroatoms. The number of nitrogens with one attached hydrogen (secondary N) is 1. The van der Waals surface area contributed by atoms with Gasteiger partial charge >= 0.3 is 0 Å². The molecule has 1 atom stereocenters. The van der Waals surface area contributed by atoms with Gasteiger partial charge in [-0.3, -0.25) is 19.2 Å². The van der Waals surface area contributed by atoms with Gasteiger partial charge in [0.2, 0.25) is 6.04 Å². The first kappa shape index (κ1) is 21.0. The first-order chi connectivity index (χ1) is 15.4. The molecule has 0 aliphatic heterocycles. The van der Waals surface area contributed by atoms with Gasteiger partial charge in [0, 0.05) is 22.4 Å². The molecule has 0 aromatic heterocycles. The molecule has 158 valence electrons. The third-order valence-electron chi connectivity index (χ3n) is 5.25. The van der Waals surface area contributed by atoms with E-state index in [1.54, 1.807) is 48.5 Å². The van der Waals surface area contributed by atoms with Gasteiger partial charge in [0.15, 0.2) is 17.3 Å². The van der Waals surface area contributed by atoms with E-state index >= 15 is 0 Å². The van der Waals surface area contributed by atoms with Crippen LogP contribution in [0.25, 0.3) is 0 Å². The molecule has 0 saturated heterocycles. The minimum atomic E-state index is -1.40. The van der Waals surface area contributed by atoms with Crippen molar-refractivity contribution in [2.75, 3.05) is 5.32 Å². The number of hydrogen-bond donors (Lipinski definition) is 1. The lowest BCUT2D eigenvalue weighted by molar-refractivity contribution is -0.126. The molecule has 1 N–H and O–H groups in total. The standard InChI is InChI=1S/C25H19N3O4/c1-14-8-3-6-12-19(14)26-25(32)22(15(2)29)28-27-20-13-7-11-18-21(20)24(31)17-10-5-4-9-16(17)23(18)30/h3-13,22H,1-2H3,(H,26,32)/t22-/m0/s1. The van der Waals surface area contributed by atoms with E-state index in [1.807, 2.05) is 19.1 Å². The van der Waals surface area contributed by atoms with E-state index in [0.29, 0.717) is 11.3 Å². The predicted octanol–water partition coefficient (Wildman–Crippen LogP) is 4.45. The summed E-state index contributed by atoms with van der Waals surface area (Å²) in [5.74, 6) is -1.77. The summed E-state index contributed by atoms with van der Waals surface area (Å²) in [6.07, 6.45) is 0. The Hall–Kier alpha value is -4.26. The molecule has 3 aromatic carbocycles. The van der Waals surface area contributed by atoms with Crippen molar-refractivity contribution in [2.45, 2.75) is 19.9 Å². The number of hydrogen-bond acceptors (Lipinski definition) is 6. The van der Waals surface area contributed by atoms with E-state index in [4.69, 9.17) is 0 Å². The van der Waals surface area contributed by atoms with Crippen molar-refractivity contribution >= 4 is 34.6 Å². The molecule has 1 amide bonds. The van der Waals surface area contributed by atoms with E-state index in [2.05, 4.69) is 15.5 Å². The highest BCUT2D eigenvalue weighted by Gasteiger charge is 2.32.